The van der Waals surface area contributed by atoms with Gasteiger partial charge in [-0.3, -0.25) is 0 Å². The van der Waals surface area contributed by atoms with Crippen molar-refractivity contribution in [3.8, 4) is 0 Å². The van der Waals surface area contributed by atoms with Crippen LogP contribution in [0.4, 0.5) is 0 Å². The van der Waals surface area contributed by atoms with E-state index in [0.29, 0.717) is 0 Å². The van der Waals surface area contributed by atoms with Crippen LogP contribution in [0.1, 0.15) is 0 Å². The second-order valence-electron chi connectivity index (χ2n) is 5.62. The molecule has 0 heterocycles. The third-order valence-electron chi connectivity index (χ3n) is 3.57. The van der Waals surface area contributed by atoms with Crippen LogP contribution in [0.2, 0.25) is 0 Å². The molecule has 0 atom stereocenters. The molecule has 0 spiro atoms. The van der Waals surface area contributed by atoms with E-state index in [-0.39, 0.29) is 5.15 Å². The van der Waals surface area contributed by atoms with E-state index in [0.717, 1.165) is 0 Å². The summed E-state index contributed by atoms with van der Waals surface area (Å²) in [6.45, 7) is 0. The predicted molar refractivity (Wildman–Crippen MR) is 322 cm³/mol. The number of alkyl halides is 21. The summed E-state index contributed by atoms with van der Waals surface area (Å²) in [4.78, 5) is 0. The molecule has 0 aliphatic carbocycles. The molecule has 0 unspecified atom stereocenters. The quantitative estimate of drug-likeness (QED) is 0.162. The first kappa shape index (κ1) is 47.3. The SMILES string of the molecule is [O]C(C(I)(I)I)(C(I)(I)I)C(I)(I)C(I)(I)C(I)(I)C(I)(I)C(I)(I)C(I)(I)C(I)(I)I. The highest BCUT2D eigenvalue weighted by atomic mass is 127. The van der Waals surface area contributed by atoms with Crippen molar-refractivity contribution in [2.45, 2.75) is 12.5 Å². The first-order valence-electron chi connectivity index (χ1n) is 6.42. The molecule has 22 heteroatoms. The van der Waals surface area contributed by atoms with E-state index >= 15 is 5.11 Å². The summed E-state index contributed by atoms with van der Waals surface area (Å²) in [6, 6.07) is 0. The molecule has 0 aromatic heterocycles. The van der Waals surface area contributed by atoms with Crippen molar-refractivity contribution in [1.82, 2.24) is 0 Å². The van der Waals surface area contributed by atoms with Gasteiger partial charge in [0.25, 0.3) is 0 Å². The van der Waals surface area contributed by atoms with Gasteiger partial charge < -0.3 is 0 Å². The predicted octanol–water partition coefficient (Wildman–Crippen LogP) is 16.4. The fraction of sp³-hybridized carbons (Fsp3) is 1.00. The van der Waals surface area contributed by atoms with Crippen molar-refractivity contribution in [2.75, 3.05) is 0 Å². The lowest BCUT2D eigenvalue weighted by atomic mass is 9.99. The van der Waals surface area contributed by atoms with Gasteiger partial charge in [-0.1, -0.05) is 474 Å². The van der Waals surface area contributed by atoms with Crippen LogP contribution in [0, 0.1) is 0 Å². The van der Waals surface area contributed by atoms with Gasteiger partial charge in [0.2, 0.25) is 0 Å². The zero-order valence-electron chi connectivity index (χ0n) is 13.3. The van der Waals surface area contributed by atoms with E-state index < -0.39 is 7.33 Å². The molecule has 0 aromatic carbocycles. The van der Waals surface area contributed by atoms with Gasteiger partial charge in [-0.15, -0.1) is 0 Å². The van der Waals surface area contributed by atoms with E-state index in [4.69, 9.17) is 0 Å². The van der Waals surface area contributed by atoms with E-state index in [1.54, 1.807) is 0 Å². The van der Waals surface area contributed by atoms with Crippen molar-refractivity contribution >= 4 is 474 Å². The van der Waals surface area contributed by atoms with E-state index in [1.807, 2.05) is 0 Å². The Hall–Kier alpha value is 15.3. The van der Waals surface area contributed by atoms with Crippen LogP contribution in [0.5, 0.6) is 0 Å². The number of hydrogen-bond donors (Lipinski definition) is 0. The van der Waals surface area contributed by atoms with Gasteiger partial charge >= 0.3 is 0 Å². The molecule has 0 N–H and O–H groups in total. The van der Waals surface area contributed by atoms with Crippen LogP contribution >= 0.6 is 474 Å². The Morgan fingerprint density at radius 3 is 0.625 bits per heavy atom. The maximum atomic E-state index is 15.1. The molecule has 0 rings (SSSR count). The summed E-state index contributed by atoms with van der Waals surface area (Å²) in [6.07, 6.45) is 0. The highest BCUT2D eigenvalue weighted by Gasteiger charge is 2.81. The van der Waals surface area contributed by atoms with Crippen LogP contribution in [0.15, 0.2) is 0 Å². The Morgan fingerprint density at radius 1 is 0.250 bits per heavy atom. The molecule has 32 heavy (non-hydrogen) atoms. The first-order chi connectivity index (χ1) is 13.2. The summed E-state index contributed by atoms with van der Waals surface area (Å²) in [7, 11) is 0. The van der Waals surface area contributed by atoms with Crippen molar-refractivity contribution in [1.29, 1.82) is 0 Å². The molecule has 0 saturated heterocycles. The average molecular weight is 2800 g/mol. The highest BCUT2D eigenvalue weighted by Crippen LogP contribution is 2.81. The summed E-state index contributed by atoms with van der Waals surface area (Å²) in [5, 5.41) is 15.1. The van der Waals surface area contributed by atoms with Crippen molar-refractivity contribution in [2.24, 2.45) is 0 Å². The molecule has 0 aliphatic rings. The lowest BCUT2D eigenvalue weighted by Crippen LogP contribution is -2.73. The molecule has 0 fully saturated rings. The smallest absolute Gasteiger partial charge is 0.194 e. The molecule has 0 aromatic rings. The lowest BCUT2D eigenvalue weighted by Gasteiger charge is -2.60. The van der Waals surface area contributed by atoms with Gasteiger partial charge in [0.15, 0.2) is 4.47 Å². The summed E-state index contributed by atoms with van der Waals surface area (Å²) in [5.74, 6) is 0. The van der Waals surface area contributed by atoms with Gasteiger partial charge in [0, 0.05) is 0 Å². The molecule has 1 radical (unpaired) electrons. The van der Waals surface area contributed by atoms with Gasteiger partial charge in [-0.25, -0.2) is 5.11 Å². The number of hydrogen-bond acceptors (Lipinski definition) is 0. The normalized spacial score (nSPS) is 17.1. The zero-order chi connectivity index (χ0) is 27.0. The molecule has 193 valence electrons. The molecular weight excluding hydrogens is 2800 g/mol. The Labute approximate surface area is 475 Å². The van der Waals surface area contributed by atoms with Gasteiger partial charge in [0.05, 0.1) is 0 Å². The molecular formula is C10I21O. The van der Waals surface area contributed by atoms with E-state index in [9.17, 15) is 0 Å². The van der Waals surface area contributed by atoms with E-state index in [1.165, 1.54) is 0 Å². The summed E-state index contributed by atoms with van der Waals surface area (Å²) >= 11 is 53.1. The van der Waals surface area contributed by atoms with Crippen LogP contribution < -0.4 is 0 Å². The largest absolute Gasteiger partial charge is 0.221 e. The topological polar surface area (TPSA) is 19.9 Å². The van der Waals surface area contributed by atoms with Crippen molar-refractivity contribution in [3.05, 3.63) is 0 Å². The van der Waals surface area contributed by atoms with E-state index in [2.05, 4.69) is 474 Å². The van der Waals surface area contributed by atoms with Gasteiger partial charge in [-0.05, 0) is 0 Å². The number of rotatable bonds is 9. The Balaban J connectivity index is 7.19. The third-order valence-corrected chi connectivity index (χ3v) is 56.7. The minimum absolute atomic E-state index is 0.00840. The molecule has 0 bridgehead atoms. The average Bonchev–Trinajstić information content (AvgIpc) is 2.49. The van der Waals surface area contributed by atoms with Crippen LogP contribution in [0.25, 0.3) is 0 Å². The fourth-order valence-electron chi connectivity index (χ4n) is 1.70. The summed E-state index contributed by atoms with van der Waals surface area (Å²) in [5.41, 5.74) is -1.28. The van der Waals surface area contributed by atoms with Crippen molar-refractivity contribution in [3.63, 3.8) is 0 Å². The highest BCUT2D eigenvalue weighted by molar-refractivity contribution is 14.3. The van der Waals surface area contributed by atoms with Crippen molar-refractivity contribution < 1.29 is 5.11 Å². The van der Waals surface area contributed by atoms with Gasteiger partial charge in [-0.2, -0.15) is 0 Å². The molecule has 0 aliphatic heterocycles. The third kappa shape index (κ3) is 9.58. The van der Waals surface area contributed by atoms with Crippen LogP contribution in [-0.4, -0.2) is 12.5 Å². The maximum absolute atomic E-state index is 15.1. The zero-order valence-corrected chi connectivity index (χ0v) is 58.7. The summed E-state index contributed by atoms with van der Waals surface area (Å²) < 4.78 is -2.94. The second-order valence-corrected chi connectivity index (χ2v) is 70.6. The second kappa shape index (κ2) is 16.8. The minimum atomic E-state index is -1.28. The molecule has 0 saturated carbocycles. The first-order valence-corrected chi connectivity index (χ1v) is 29.1. The minimum Gasteiger partial charge on any atom is -0.221 e. The fourth-order valence-corrected chi connectivity index (χ4v) is 39.6. The van der Waals surface area contributed by atoms with Crippen LogP contribution in [0.3, 0.4) is 0 Å². The Morgan fingerprint density at radius 2 is 0.438 bits per heavy atom. The Kier molecular flexibility index (Phi) is 24.8. The number of halogens is 21. The van der Waals surface area contributed by atoms with Gasteiger partial charge in [0.1, 0.15) is 8.01 Å². The monoisotopic (exact) mass is 2800 g/mol. The van der Waals surface area contributed by atoms with Crippen LogP contribution in [-0.2, 0) is 5.11 Å². The Bertz CT molecular complexity index is 675. The maximum Gasteiger partial charge on any atom is 0.194 e. The lowest BCUT2D eigenvalue weighted by molar-refractivity contribution is 0.00298. The molecule has 1 nitrogen and oxygen atoms in total. The standard InChI is InChI=1S/C10I21O/c11-2(12,1(32,8(23,24)25)9(26,27)28)3(13,14)4(15,16)5(17,18)6(19,20)7(21,22)10(29,30)31. The molecule has 0 amide bonds.